The molecule has 0 fully saturated rings. The molecule has 0 atom stereocenters. The minimum atomic E-state index is -0.107. The lowest BCUT2D eigenvalue weighted by Crippen LogP contribution is -2.21. The molecule has 1 aliphatic carbocycles. The van der Waals surface area contributed by atoms with Crippen molar-refractivity contribution in [2.45, 2.75) is 39.2 Å². The molecule has 0 radical (unpaired) electrons. The maximum atomic E-state index is 12.0. The van der Waals surface area contributed by atoms with Crippen molar-refractivity contribution in [3.05, 3.63) is 92.0 Å². The summed E-state index contributed by atoms with van der Waals surface area (Å²) in [6.07, 6.45) is 5.59. The normalized spacial score (nSPS) is 12.9. The van der Waals surface area contributed by atoms with Crippen LogP contribution in [0.5, 0.6) is 0 Å². The maximum absolute atomic E-state index is 12.0. The number of aromatic amines is 2. The molecule has 0 amide bonds. The number of rotatable bonds is 2. The van der Waals surface area contributed by atoms with E-state index in [-0.39, 0.29) is 17.7 Å². The van der Waals surface area contributed by atoms with Crippen molar-refractivity contribution in [1.82, 2.24) is 9.97 Å². The van der Waals surface area contributed by atoms with Gasteiger partial charge in [-0.25, -0.2) is 0 Å². The number of benzene rings is 1. The van der Waals surface area contributed by atoms with Crippen molar-refractivity contribution < 1.29 is 9.52 Å². The van der Waals surface area contributed by atoms with Gasteiger partial charge < -0.3 is 19.5 Å². The molecular weight excluding hydrogens is 380 g/mol. The zero-order chi connectivity index (χ0) is 21.1. The lowest BCUT2D eigenvalue weighted by atomic mass is 9.88. The highest BCUT2D eigenvalue weighted by atomic mass is 16.4. The second-order valence-corrected chi connectivity index (χ2v) is 7.44. The van der Waals surface area contributed by atoms with Gasteiger partial charge in [-0.3, -0.25) is 9.59 Å². The molecule has 5 rings (SSSR count). The Balaban J connectivity index is 0.000000168. The van der Waals surface area contributed by atoms with Crippen LogP contribution in [0.3, 0.4) is 0 Å². The molecule has 4 aromatic rings. The van der Waals surface area contributed by atoms with Crippen molar-refractivity contribution in [3.8, 4) is 11.3 Å². The summed E-state index contributed by atoms with van der Waals surface area (Å²) >= 11 is 0. The fourth-order valence-electron chi connectivity index (χ4n) is 4.03. The van der Waals surface area contributed by atoms with Gasteiger partial charge in [-0.05, 0) is 67.8 Å². The molecule has 6 heteroatoms. The molecule has 3 aromatic heterocycles. The molecular formula is C24H24N2O4. The standard InChI is InChI=1S/C15H17NO3.C9H7NO/c1-9-14(13-7-6-10(8-17)19-13)11-4-2-3-5-12(11)15(18)16-9;11-9-8-4-2-1-3-7(8)5-6-10-9/h6-7,17H,2-5,8H2,1H3,(H,16,18);1-6H,(H,10,11). The second-order valence-electron chi connectivity index (χ2n) is 7.44. The molecule has 1 aliphatic rings. The number of hydrogen-bond acceptors (Lipinski definition) is 4. The Morgan fingerprint density at radius 2 is 1.73 bits per heavy atom. The first-order chi connectivity index (χ1) is 14.6. The zero-order valence-corrected chi connectivity index (χ0v) is 16.8. The van der Waals surface area contributed by atoms with Crippen LogP contribution in [-0.2, 0) is 19.4 Å². The van der Waals surface area contributed by atoms with Gasteiger partial charge in [0, 0.05) is 28.4 Å². The summed E-state index contributed by atoms with van der Waals surface area (Å²) in [5, 5.41) is 10.8. The maximum Gasteiger partial charge on any atom is 0.255 e. The largest absolute Gasteiger partial charge is 0.459 e. The molecule has 0 spiro atoms. The average molecular weight is 404 g/mol. The van der Waals surface area contributed by atoms with Gasteiger partial charge in [-0.1, -0.05) is 18.2 Å². The molecule has 30 heavy (non-hydrogen) atoms. The summed E-state index contributed by atoms with van der Waals surface area (Å²) in [5.74, 6) is 1.28. The fraction of sp³-hybridized carbons (Fsp3) is 0.250. The third-order valence-corrected chi connectivity index (χ3v) is 5.47. The summed E-state index contributed by atoms with van der Waals surface area (Å²) in [6.45, 7) is 1.79. The number of hydrogen-bond donors (Lipinski definition) is 3. The number of pyridine rings is 2. The van der Waals surface area contributed by atoms with Crippen LogP contribution in [0.4, 0.5) is 0 Å². The van der Waals surface area contributed by atoms with Gasteiger partial charge in [0.25, 0.3) is 11.1 Å². The highest BCUT2D eigenvalue weighted by Gasteiger charge is 2.21. The number of furan rings is 1. The van der Waals surface area contributed by atoms with E-state index in [0.717, 1.165) is 64.6 Å². The van der Waals surface area contributed by atoms with Crippen molar-refractivity contribution >= 4 is 10.8 Å². The smallest absolute Gasteiger partial charge is 0.255 e. The van der Waals surface area contributed by atoms with Crippen molar-refractivity contribution in [1.29, 1.82) is 0 Å². The van der Waals surface area contributed by atoms with Crippen LogP contribution in [0, 0.1) is 6.92 Å². The van der Waals surface area contributed by atoms with E-state index in [4.69, 9.17) is 9.52 Å². The molecule has 6 nitrogen and oxygen atoms in total. The monoisotopic (exact) mass is 404 g/mol. The van der Waals surface area contributed by atoms with E-state index in [0.29, 0.717) is 5.76 Å². The number of aliphatic hydroxyl groups is 1. The van der Waals surface area contributed by atoms with E-state index in [1.807, 2.05) is 43.3 Å². The fourth-order valence-corrected chi connectivity index (χ4v) is 4.03. The Labute approximate surface area is 173 Å². The van der Waals surface area contributed by atoms with Crippen molar-refractivity contribution in [2.24, 2.45) is 0 Å². The highest BCUT2D eigenvalue weighted by Crippen LogP contribution is 2.32. The molecule has 3 N–H and O–H groups in total. The average Bonchev–Trinajstić information content (AvgIpc) is 3.23. The Hall–Kier alpha value is -3.38. The number of aromatic nitrogens is 2. The topological polar surface area (TPSA) is 99.1 Å². The minimum Gasteiger partial charge on any atom is -0.459 e. The molecule has 154 valence electrons. The van der Waals surface area contributed by atoms with Crippen molar-refractivity contribution in [2.75, 3.05) is 0 Å². The van der Waals surface area contributed by atoms with E-state index in [9.17, 15) is 9.59 Å². The van der Waals surface area contributed by atoms with E-state index in [1.54, 1.807) is 12.3 Å². The predicted octanol–water partition coefficient (Wildman–Crippen LogP) is 3.84. The van der Waals surface area contributed by atoms with Gasteiger partial charge in [0.15, 0.2) is 0 Å². The molecule has 0 saturated carbocycles. The first-order valence-electron chi connectivity index (χ1n) is 10.1. The molecule has 3 heterocycles. The Bertz CT molecular complexity index is 1290. The summed E-state index contributed by atoms with van der Waals surface area (Å²) in [4.78, 5) is 28.7. The number of H-pyrrole nitrogens is 2. The van der Waals surface area contributed by atoms with Gasteiger partial charge in [0.1, 0.15) is 18.1 Å². The first-order valence-corrected chi connectivity index (χ1v) is 10.1. The van der Waals surface area contributed by atoms with Crippen LogP contribution in [0.1, 0.15) is 35.4 Å². The Morgan fingerprint density at radius 1 is 0.967 bits per heavy atom. The third kappa shape index (κ3) is 3.86. The number of aryl methyl sites for hydroxylation is 1. The highest BCUT2D eigenvalue weighted by molar-refractivity contribution is 5.80. The molecule has 0 unspecified atom stereocenters. The summed E-state index contributed by atoms with van der Waals surface area (Å²) in [6, 6.07) is 13.0. The van der Waals surface area contributed by atoms with Gasteiger partial charge >= 0.3 is 0 Å². The quantitative estimate of drug-likeness (QED) is 0.473. The summed E-state index contributed by atoms with van der Waals surface area (Å²) < 4.78 is 5.63. The second kappa shape index (κ2) is 8.55. The first kappa shape index (κ1) is 19.9. The van der Waals surface area contributed by atoms with Crippen LogP contribution in [0.2, 0.25) is 0 Å². The number of nitrogens with one attached hydrogen (secondary N) is 2. The van der Waals surface area contributed by atoms with Gasteiger partial charge in [0.05, 0.1) is 0 Å². The van der Waals surface area contributed by atoms with Crippen LogP contribution < -0.4 is 11.1 Å². The van der Waals surface area contributed by atoms with Crippen LogP contribution >= 0.6 is 0 Å². The minimum absolute atomic E-state index is 0.0249. The van der Waals surface area contributed by atoms with Crippen LogP contribution in [0.15, 0.2) is 62.7 Å². The molecule has 0 aliphatic heterocycles. The molecule has 0 saturated heterocycles. The lowest BCUT2D eigenvalue weighted by Gasteiger charge is -2.19. The Morgan fingerprint density at radius 3 is 2.47 bits per heavy atom. The van der Waals surface area contributed by atoms with Gasteiger partial charge in [-0.2, -0.15) is 0 Å². The van der Waals surface area contributed by atoms with Crippen LogP contribution in [0.25, 0.3) is 22.1 Å². The lowest BCUT2D eigenvalue weighted by molar-refractivity contribution is 0.248. The predicted molar refractivity (Wildman–Crippen MR) is 117 cm³/mol. The Kier molecular flexibility index (Phi) is 5.68. The molecule has 1 aromatic carbocycles. The van der Waals surface area contributed by atoms with E-state index in [1.165, 1.54) is 0 Å². The zero-order valence-electron chi connectivity index (χ0n) is 16.8. The van der Waals surface area contributed by atoms with Gasteiger partial charge in [0.2, 0.25) is 0 Å². The number of aliphatic hydroxyl groups excluding tert-OH is 1. The molecule has 0 bridgehead atoms. The van der Waals surface area contributed by atoms with Gasteiger partial charge in [-0.15, -0.1) is 0 Å². The van der Waals surface area contributed by atoms with E-state index < -0.39 is 0 Å². The third-order valence-electron chi connectivity index (χ3n) is 5.47. The van der Waals surface area contributed by atoms with Crippen molar-refractivity contribution in [3.63, 3.8) is 0 Å². The van der Waals surface area contributed by atoms with E-state index >= 15 is 0 Å². The number of fused-ring (bicyclic) bond motifs is 2. The summed E-state index contributed by atoms with van der Waals surface area (Å²) in [5.41, 5.74) is 3.85. The van der Waals surface area contributed by atoms with Crippen LogP contribution in [-0.4, -0.2) is 15.1 Å². The van der Waals surface area contributed by atoms with E-state index in [2.05, 4.69) is 9.97 Å². The SMILES string of the molecule is Cc1[nH]c(=O)c2c(c1-c1ccc(CO)o1)CCCC2.O=c1[nH]ccc2ccccc12. The summed E-state index contributed by atoms with van der Waals surface area (Å²) in [7, 11) is 0.